The maximum atomic E-state index is 9.98. The van der Waals surface area contributed by atoms with Crippen LogP contribution in [0.25, 0.3) is 10.9 Å². The molecule has 0 aliphatic rings. The molecule has 7 heteroatoms. The predicted octanol–water partition coefficient (Wildman–Crippen LogP) is 5.43. The zero-order valence-corrected chi connectivity index (χ0v) is 14.6. The van der Waals surface area contributed by atoms with Crippen LogP contribution in [0.5, 0.6) is 5.88 Å². The number of hydrogen-bond acceptors (Lipinski definition) is 3. The highest BCUT2D eigenvalue weighted by Gasteiger charge is 2.11. The molecule has 0 radical (unpaired) electrons. The molecule has 0 saturated carbocycles. The van der Waals surface area contributed by atoms with Crippen LogP contribution in [0.3, 0.4) is 0 Å². The number of aromatic nitrogens is 1. The Kier molecular flexibility index (Phi) is 4.40. The van der Waals surface area contributed by atoms with Crippen LogP contribution in [-0.4, -0.2) is 15.2 Å². The average Bonchev–Trinajstić information content (AvgIpc) is 2.82. The second-order valence-electron chi connectivity index (χ2n) is 4.96. The van der Waals surface area contributed by atoms with E-state index in [1.165, 1.54) is 0 Å². The molecule has 1 aromatic heterocycles. The summed E-state index contributed by atoms with van der Waals surface area (Å²) >= 11 is 8.59. The summed E-state index contributed by atoms with van der Waals surface area (Å²) in [6.45, 7) is 1.98. The number of aromatic amines is 1. The normalized spacial score (nSPS) is 11.2. The predicted molar refractivity (Wildman–Crippen MR) is 99.6 cm³/mol. The summed E-state index contributed by atoms with van der Waals surface area (Å²) in [5.41, 5.74) is 3.07. The molecule has 0 atom stereocenters. The summed E-state index contributed by atoms with van der Waals surface area (Å²) in [4.78, 5) is 2.85. The minimum absolute atomic E-state index is 0.0412. The van der Waals surface area contributed by atoms with Gasteiger partial charge in [-0.15, -0.1) is 10.2 Å². The lowest BCUT2D eigenvalue weighted by Gasteiger charge is -2.05. The summed E-state index contributed by atoms with van der Waals surface area (Å²) in [6, 6.07) is 13.3. The van der Waals surface area contributed by atoms with E-state index in [1.807, 2.05) is 49.4 Å². The Hall–Kier alpha value is -2.25. The fourth-order valence-electron chi connectivity index (χ4n) is 2.19. The number of nitrogens with one attached hydrogen (secondary N) is 2. The first-order chi connectivity index (χ1) is 11.0. The van der Waals surface area contributed by atoms with Crippen molar-refractivity contribution >= 4 is 55.5 Å². The Morgan fingerprint density at radius 3 is 2.83 bits per heavy atom. The molecule has 1 heterocycles. The highest BCUT2D eigenvalue weighted by Crippen LogP contribution is 2.36. The second kappa shape index (κ2) is 6.47. The maximum Gasteiger partial charge on any atom is 0.218 e. The SMILES string of the molecule is Cc1ccccc1NC(=S)N=Nc1c(O)[nH]c2ccc(Br)cc12. The summed E-state index contributed by atoms with van der Waals surface area (Å²) in [6.07, 6.45) is 0. The van der Waals surface area contributed by atoms with Crippen LogP contribution in [0, 0.1) is 6.92 Å². The third kappa shape index (κ3) is 3.40. The van der Waals surface area contributed by atoms with Crippen LogP contribution < -0.4 is 5.32 Å². The van der Waals surface area contributed by atoms with Gasteiger partial charge in [0.05, 0.1) is 5.52 Å². The van der Waals surface area contributed by atoms with E-state index < -0.39 is 0 Å². The molecule has 0 fully saturated rings. The van der Waals surface area contributed by atoms with E-state index in [2.05, 4.69) is 36.5 Å². The number of anilines is 1. The number of H-pyrrole nitrogens is 1. The monoisotopic (exact) mass is 388 g/mol. The van der Waals surface area contributed by atoms with Gasteiger partial charge < -0.3 is 15.4 Å². The molecule has 23 heavy (non-hydrogen) atoms. The van der Waals surface area contributed by atoms with Gasteiger partial charge in [-0.05, 0) is 49.0 Å². The number of thiocarbonyl (C=S) groups is 1. The van der Waals surface area contributed by atoms with Gasteiger partial charge in [0.1, 0.15) is 0 Å². The van der Waals surface area contributed by atoms with Crippen LogP contribution in [0.4, 0.5) is 11.4 Å². The first-order valence-electron chi connectivity index (χ1n) is 6.83. The molecule has 0 bridgehead atoms. The van der Waals surface area contributed by atoms with Gasteiger partial charge in [0, 0.05) is 15.5 Å². The summed E-state index contributed by atoms with van der Waals surface area (Å²) in [5.74, 6) is -0.0412. The van der Waals surface area contributed by atoms with Gasteiger partial charge in [-0.1, -0.05) is 34.1 Å². The molecule has 5 nitrogen and oxygen atoms in total. The van der Waals surface area contributed by atoms with Crippen LogP contribution in [0.2, 0.25) is 0 Å². The average molecular weight is 389 g/mol. The summed E-state index contributed by atoms with van der Waals surface area (Å²) < 4.78 is 0.890. The fraction of sp³-hybridized carbons (Fsp3) is 0.0625. The van der Waals surface area contributed by atoms with E-state index in [0.29, 0.717) is 5.69 Å². The number of aromatic hydroxyl groups is 1. The lowest BCUT2D eigenvalue weighted by atomic mass is 10.2. The van der Waals surface area contributed by atoms with Crippen LogP contribution in [0.1, 0.15) is 5.56 Å². The first-order valence-corrected chi connectivity index (χ1v) is 8.03. The zero-order chi connectivity index (χ0) is 16.4. The van der Waals surface area contributed by atoms with E-state index in [9.17, 15) is 5.11 Å². The molecular weight excluding hydrogens is 376 g/mol. The van der Waals surface area contributed by atoms with Crippen molar-refractivity contribution in [2.45, 2.75) is 6.92 Å². The molecule has 0 amide bonds. The molecule has 3 aromatic rings. The molecule has 0 aliphatic carbocycles. The third-order valence-corrected chi connectivity index (χ3v) is 4.02. The van der Waals surface area contributed by atoms with Gasteiger partial charge in [-0.2, -0.15) is 0 Å². The molecule has 3 rings (SSSR count). The minimum Gasteiger partial charge on any atom is -0.493 e. The van der Waals surface area contributed by atoms with Crippen molar-refractivity contribution in [2.75, 3.05) is 5.32 Å². The number of fused-ring (bicyclic) bond motifs is 1. The van der Waals surface area contributed by atoms with Crippen molar-refractivity contribution in [1.82, 2.24) is 4.98 Å². The van der Waals surface area contributed by atoms with E-state index in [1.54, 1.807) is 0 Å². The molecule has 3 N–H and O–H groups in total. The minimum atomic E-state index is -0.0412. The Labute approximate surface area is 146 Å². The van der Waals surface area contributed by atoms with E-state index in [0.717, 1.165) is 26.6 Å². The summed E-state index contributed by atoms with van der Waals surface area (Å²) in [5, 5.41) is 22.1. The van der Waals surface area contributed by atoms with Gasteiger partial charge in [0.15, 0.2) is 5.69 Å². The Balaban J connectivity index is 1.85. The lowest BCUT2D eigenvalue weighted by molar-refractivity contribution is 0.459. The highest BCUT2D eigenvalue weighted by molar-refractivity contribution is 9.10. The van der Waals surface area contributed by atoms with Crippen molar-refractivity contribution in [2.24, 2.45) is 10.2 Å². The number of benzene rings is 2. The Bertz CT molecular complexity index is 920. The van der Waals surface area contributed by atoms with Crippen molar-refractivity contribution in [3.05, 3.63) is 52.5 Å². The van der Waals surface area contributed by atoms with Crippen LogP contribution in [-0.2, 0) is 0 Å². The van der Waals surface area contributed by atoms with Crippen molar-refractivity contribution in [1.29, 1.82) is 0 Å². The topological polar surface area (TPSA) is 72.8 Å². The smallest absolute Gasteiger partial charge is 0.218 e. The van der Waals surface area contributed by atoms with Crippen molar-refractivity contribution < 1.29 is 5.11 Å². The number of azo groups is 1. The Morgan fingerprint density at radius 2 is 2.04 bits per heavy atom. The van der Waals surface area contributed by atoms with Gasteiger partial charge in [0.25, 0.3) is 0 Å². The number of hydrogen-bond donors (Lipinski definition) is 3. The van der Waals surface area contributed by atoms with Gasteiger partial charge >= 0.3 is 0 Å². The maximum absolute atomic E-state index is 9.98. The van der Waals surface area contributed by atoms with Crippen molar-refractivity contribution in [3.8, 4) is 5.88 Å². The second-order valence-corrected chi connectivity index (χ2v) is 6.26. The molecule has 2 aromatic carbocycles. The number of halogens is 1. The van der Waals surface area contributed by atoms with E-state index in [4.69, 9.17) is 12.2 Å². The molecule has 0 unspecified atom stereocenters. The lowest BCUT2D eigenvalue weighted by Crippen LogP contribution is -2.06. The van der Waals surface area contributed by atoms with Crippen LogP contribution >= 0.6 is 28.1 Å². The van der Waals surface area contributed by atoms with Crippen LogP contribution in [0.15, 0.2) is 57.2 Å². The fourth-order valence-corrected chi connectivity index (χ4v) is 2.70. The van der Waals surface area contributed by atoms with Crippen molar-refractivity contribution in [3.63, 3.8) is 0 Å². The van der Waals surface area contributed by atoms with Gasteiger partial charge in [-0.25, -0.2) is 0 Å². The van der Waals surface area contributed by atoms with Gasteiger partial charge in [0.2, 0.25) is 11.0 Å². The standard InChI is InChI=1S/C16H13BrN4OS/c1-9-4-2-3-5-12(9)19-16(23)21-20-14-11-8-10(17)6-7-13(11)18-15(14)22/h2-8,18,22H,1H3,(H,19,23). The highest BCUT2D eigenvalue weighted by atomic mass is 79.9. The number of nitrogens with zero attached hydrogens (tertiary/aromatic N) is 2. The Morgan fingerprint density at radius 1 is 1.26 bits per heavy atom. The molecule has 0 spiro atoms. The van der Waals surface area contributed by atoms with E-state index in [-0.39, 0.29) is 11.0 Å². The quantitative estimate of drug-likeness (QED) is 0.405. The first kappa shape index (κ1) is 15.6. The number of rotatable bonds is 2. The number of para-hydroxylation sites is 1. The molecule has 0 saturated heterocycles. The molecule has 0 aliphatic heterocycles. The molecule has 116 valence electrons. The molecular formula is C16H13BrN4OS. The summed E-state index contributed by atoms with van der Waals surface area (Å²) in [7, 11) is 0. The third-order valence-electron chi connectivity index (χ3n) is 3.34. The number of aryl methyl sites for hydroxylation is 1. The zero-order valence-electron chi connectivity index (χ0n) is 12.2. The van der Waals surface area contributed by atoms with E-state index >= 15 is 0 Å². The van der Waals surface area contributed by atoms with Gasteiger partial charge in [-0.3, -0.25) is 0 Å². The largest absolute Gasteiger partial charge is 0.493 e.